The van der Waals surface area contributed by atoms with E-state index in [9.17, 15) is 9.59 Å². The zero-order valence-electron chi connectivity index (χ0n) is 19.1. The van der Waals surface area contributed by atoms with Crippen LogP contribution in [0.5, 0.6) is 5.75 Å². The Morgan fingerprint density at radius 1 is 1.00 bits per heavy atom. The molecule has 3 aromatic rings. The number of nitrogens with one attached hydrogen (secondary N) is 2. The second-order valence-electron chi connectivity index (χ2n) is 7.45. The van der Waals surface area contributed by atoms with Crippen molar-refractivity contribution in [3.05, 3.63) is 99.7 Å². The first-order chi connectivity index (χ1) is 16.4. The summed E-state index contributed by atoms with van der Waals surface area (Å²) < 4.78 is 6.16. The van der Waals surface area contributed by atoms with E-state index < -0.39 is 11.8 Å². The average molecular weight is 521 g/mol. The quantitative estimate of drug-likeness (QED) is 0.261. The largest absolute Gasteiger partial charge is 0.496 e. The van der Waals surface area contributed by atoms with Crippen LogP contribution in [0.15, 0.2) is 88.1 Å². The molecule has 0 radical (unpaired) electrons. The molecule has 3 rings (SSSR count). The van der Waals surface area contributed by atoms with E-state index in [2.05, 4.69) is 31.8 Å². The van der Waals surface area contributed by atoms with Gasteiger partial charge in [-0.15, -0.1) is 0 Å². The van der Waals surface area contributed by atoms with Crippen molar-refractivity contribution in [1.29, 1.82) is 0 Å². The van der Waals surface area contributed by atoms with Crippen LogP contribution in [-0.2, 0) is 4.79 Å². The molecule has 2 N–H and O–H groups in total. The van der Waals surface area contributed by atoms with Gasteiger partial charge in [0.15, 0.2) is 0 Å². The van der Waals surface area contributed by atoms with Crippen LogP contribution in [0.3, 0.4) is 0 Å². The number of ether oxygens (including phenoxy) is 1. The fourth-order valence-electron chi connectivity index (χ4n) is 3.00. The Morgan fingerprint density at radius 3 is 2.35 bits per heavy atom. The van der Waals surface area contributed by atoms with E-state index in [1.165, 1.54) is 6.21 Å². The summed E-state index contributed by atoms with van der Waals surface area (Å²) in [7, 11) is 5.45. The van der Waals surface area contributed by atoms with Crippen LogP contribution in [0.4, 0.5) is 5.69 Å². The molecule has 2 amide bonds. The average Bonchev–Trinajstić information content (AvgIpc) is 2.84. The van der Waals surface area contributed by atoms with E-state index in [-0.39, 0.29) is 5.70 Å². The molecule has 0 fully saturated rings. The summed E-state index contributed by atoms with van der Waals surface area (Å²) in [5.41, 5.74) is 5.42. The number of amides is 2. The Balaban J connectivity index is 1.84. The maximum Gasteiger partial charge on any atom is 0.287 e. The molecular weight excluding hydrogens is 496 g/mol. The smallest absolute Gasteiger partial charge is 0.287 e. The Bertz CT molecular complexity index is 1210. The lowest BCUT2D eigenvalue weighted by atomic mass is 10.1. The summed E-state index contributed by atoms with van der Waals surface area (Å²) in [5, 5.41) is 6.74. The van der Waals surface area contributed by atoms with Crippen molar-refractivity contribution < 1.29 is 14.3 Å². The summed E-state index contributed by atoms with van der Waals surface area (Å²) in [6, 6.07) is 21.7. The molecule has 7 nitrogen and oxygen atoms in total. The number of hydrogen-bond acceptors (Lipinski definition) is 5. The van der Waals surface area contributed by atoms with Crippen molar-refractivity contribution in [2.75, 3.05) is 26.1 Å². The molecule has 0 bridgehead atoms. The number of carbonyl (C=O) groups is 2. The van der Waals surface area contributed by atoms with E-state index in [1.807, 2.05) is 61.5 Å². The van der Waals surface area contributed by atoms with Gasteiger partial charge in [-0.1, -0.05) is 46.3 Å². The van der Waals surface area contributed by atoms with Crippen molar-refractivity contribution in [3.8, 4) is 5.75 Å². The molecule has 0 aliphatic carbocycles. The number of methoxy groups -OCH3 is 1. The summed E-state index contributed by atoms with van der Waals surface area (Å²) in [6.07, 6.45) is 3.08. The third-order valence-corrected chi connectivity index (χ3v) is 5.30. The minimum atomic E-state index is -0.564. The molecule has 0 saturated carbocycles. The third-order valence-electron chi connectivity index (χ3n) is 4.81. The molecular formula is C26H25BrN4O3. The molecule has 0 aromatic heterocycles. The molecule has 3 aromatic carbocycles. The van der Waals surface area contributed by atoms with Gasteiger partial charge in [0.1, 0.15) is 11.4 Å². The third kappa shape index (κ3) is 6.79. The van der Waals surface area contributed by atoms with Gasteiger partial charge in [0, 0.05) is 35.4 Å². The minimum Gasteiger partial charge on any atom is -0.496 e. The van der Waals surface area contributed by atoms with Crippen LogP contribution in [-0.4, -0.2) is 39.2 Å². The molecule has 174 valence electrons. The highest BCUT2D eigenvalue weighted by molar-refractivity contribution is 9.10. The number of carbonyl (C=O) groups excluding carboxylic acids is 2. The summed E-state index contributed by atoms with van der Waals surface area (Å²) in [5.74, 6) is -0.356. The first-order valence-corrected chi connectivity index (χ1v) is 11.2. The molecule has 0 heterocycles. The molecule has 0 saturated heterocycles. The Hall–Kier alpha value is -3.91. The second kappa shape index (κ2) is 11.8. The highest BCUT2D eigenvalue weighted by atomic mass is 79.9. The van der Waals surface area contributed by atoms with Crippen molar-refractivity contribution >= 4 is 45.7 Å². The van der Waals surface area contributed by atoms with E-state index >= 15 is 0 Å². The van der Waals surface area contributed by atoms with E-state index in [4.69, 9.17) is 4.74 Å². The number of rotatable bonds is 8. The monoisotopic (exact) mass is 520 g/mol. The SMILES string of the molecule is COc1ccc(Br)cc1/C=N/NC(=O)/C(=C/c1ccc(N(C)C)cc1)NC(=O)c1ccccc1. The molecule has 8 heteroatoms. The van der Waals surface area contributed by atoms with E-state index in [1.54, 1.807) is 43.5 Å². The van der Waals surface area contributed by atoms with Gasteiger partial charge in [0.25, 0.3) is 11.8 Å². The lowest BCUT2D eigenvalue weighted by molar-refractivity contribution is -0.117. The highest BCUT2D eigenvalue weighted by Crippen LogP contribution is 2.21. The predicted molar refractivity (Wildman–Crippen MR) is 139 cm³/mol. The minimum absolute atomic E-state index is 0.0600. The van der Waals surface area contributed by atoms with Gasteiger partial charge in [-0.25, -0.2) is 5.43 Å². The maximum atomic E-state index is 12.9. The summed E-state index contributed by atoms with van der Waals surface area (Å²) in [4.78, 5) is 27.6. The van der Waals surface area contributed by atoms with Crippen molar-refractivity contribution in [3.63, 3.8) is 0 Å². The van der Waals surface area contributed by atoms with Crippen LogP contribution in [0.1, 0.15) is 21.5 Å². The fourth-order valence-corrected chi connectivity index (χ4v) is 3.38. The summed E-state index contributed by atoms with van der Waals surface area (Å²) >= 11 is 3.41. The lowest BCUT2D eigenvalue weighted by Gasteiger charge is -2.12. The number of benzene rings is 3. The van der Waals surface area contributed by atoms with Crippen molar-refractivity contribution in [2.24, 2.45) is 5.10 Å². The highest BCUT2D eigenvalue weighted by Gasteiger charge is 2.14. The van der Waals surface area contributed by atoms with Gasteiger partial charge < -0.3 is 15.0 Å². The second-order valence-corrected chi connectivity index (χ2v) is 8.37. The Morgan fingerprint density at radius 2 is 1.71 bits per heavy atom. The summed E-state index contributed by atoms with van der Waals surface area (Å²) in [6.45, 7) is 0. The van der Waals surface area contributed by atoms with E-state index in [0.29, 0.717) is 16.9 Å². The number of hydrogen-bond donors (Lipinski definition) is 2. The van der Waals surface area contributed by atoms with Crippen molar-refractivity contribution in [2.45, 2.75) is 0 Å². The van der Waals surface area contributed by atoms with Crippen LogP contribution in [0.25, 0.3) is 6.08 Å². The Labute approximate surface area is 207 Å². The first kappa shape index (κ1) is 24.7. The molecule has 0 aliphatic rings. The van der Waals surface area contributed by atoms with Gasteiger partial charge in [0.05, 0.1) is 13.3 Å². The van der Waals surface area contributed by atoms with Gasteiger partial charge in [-0.05, 0) is 54.1 Å². The van der Waals surface area contributed by atoms with Crippen LogP contribution in [0.2, 0.25) is 0 Å². The zero-order chi connectivity index (χ0) is 24.5. The van der Waals surface area contributed by atoms with Gasteiger partial charge >= 0.3 is 0 Å². The predicted octanol–water partition coefficient (Wildman–Crippen LogP) is 4.44. The number of hydrazone groups is 1. The molecule has 0 aliphatic heterocycles. The molecule has 0 spiro atoms. The van der Waals surface area contributed by atoms with E-state index in [0.717, 1.165) is 15.7 Å². The maximum absolute atomic E-state index is 12.9. The fraction of sp³-hybridized carbons (Fsp3) is 0.115. The zero-order valence-corrected chi connectivity index (χ0v) is 20.7. The van der Waals surface area contributed by atoms with Gasteiger partial charge in [-0.2, -0.15) is 5.10 Å². The topological polar surface area (TPSA) is 83.0 Å². The normalized spacial score (nSPS) is 11.2. The standard InChI is InChI=1S/C26H25BrN4O3/c1-31(2)22-12-9-18(10-13-22)15-23(29-25(32)19-7-5-4-6-8-19)26(33)30-28-17-20-16-21(27)11-14-24(20)34-3/h4-17H,1-3H3,(H,29,32)(H,30,33)/b23-15-,28-17+. The Kier molecular flexibility index (Phi) is 8.59. The number of halogens is 1. The van der Waals surface area contributed by atoms with Crippen LogP contribution >= 0.6 is 15.9 Å². The molecule has 0 unspecified atom stereocenters. The van der Waals surface area contributed by atoms with Crippen LogP contribution in [0, 0.1) is 0 Å². The first-order valence-electron chi connectivity index (χ1n) is 10.4. The lowest BCUT2D eigenvalue weighted by Crippen LogP contribution is -2.32. The van der Waals surface area contributed by atoms with Crippen LogP contribution < -0.4 is 20.4 Å². The van der Waals surface area contributed by atoms with Gasteiger partial charge in [-0.3, -0.25) is 9.59 Å². The number of nitrogens with zero attached hydrogens (tertiary/aromatic N) is 2. The van der Waals surface area contributed by atoms with Crippen molar-refractivity contribution in [1.82, 2.24) is 10.7 Å². The molecule has 34 heavy (non-hydrogen) atoms. The van der Waals surface area contributed by atoms with Gasteiger partial charge in [0.2, 0.25) is 0 Å². The molecule has 0 atom stereocenters. The number of anilines is 1.